The summed E-state index contributed by atoms with van der Waals surface area (Å²) in [6, 6.07) is -0.130. The maximum absolute atomic E-state index is 11.3. The molecule has 1 heterocycles. The summed E-state index contributed by atoms with van der Waals surface area (Å²) in [5, 5.41) is 12.2. The van der Waals surface area contributed by atoms with E-state index in [9.17, 15) is 8.42 Å². The van der Waals surface area contributed by atoms with Crippen LogP contribution in [-0.2, 0) is 26.1 Å². The van der Waals surface area contributed by atoms with Crippen LogP contribution in [0.3, 0.4) is 0 Å². The smallest absolute Gasteiger partial charge is 0.273 e. The first kappa shape index (κ1) is 15.0. The molecule has 0 radical (unpaired) electrons. The molecule has 0 fully saturated rings. The van der Waals surface area contributed by atoms with Gasteiger partial charge in [-0.25, -0.2) is 13.6 Å². The van der Waals surface area contributed by atoms with Crippen molar-refractivity contribution in [2.24, 2.45) is 5.14 Å². The Morgan fingerprint density at radius 3 is 2.50 bits per heavy atom. The number of nitrogens with two attached hydrogens (primary N) is 1. The van der Waals surface area contributed by atoms with Crippen LogP contribution in [0.1, 0.15) is 25.7 Å². The first-order chi connectivity index (χ1) is 8.38. The third-order valence-electron chi connectivity index (χ3n) is 2.17. The number of hydrogen-bond donors (Lipinski definition) is 1. The fourth-order valence-corrected chi connectivity index (χ4v) is 2.17. The number of rotatable bonds is 7. The Labute approximate surface area is 106 Å². The van der Waals surface area contributed by atoms with Gasteiger partial charge in [0.1, 0.15) is 6.61 Å². The van der Waals surface area contributed by atoms with Crippen LogP contribution in [0.25, 0.3) is 0 Å². The molecule has 1 aromatic rings. The molecular weight excluding hydrogens is 260 g/mol. The van der Waals surface area contributed by atoms with Crippen molar-refractivity contribution in [1.29, 1.82) is 0 Å². The zero-order chi connectivity index (χ0) is 13.8. The van der Waals surface area contributed by atoms with Crippen molar-refractivity contribution in [3.05, 3.63) is 5.82 Å². The standard InChI is InChI=1S/C9H18N4O4S/c1-7(2)13-8(6-17-5-4-16-3)11-12-9(13)18(10,14)15/h7H,4-6H2,1-3H3,(H2,10,14,15). The number of ether oxygens (including phenoxy) is 2. The Bertz CT molecular complexity index is 483. The van der Waals surface area contributed by atoms with Crippen molar-refractivity contribution in [3.63, 3.8) is 0 Å². The third-order valence-corrected chi connectivity index (χ3v) is 2.96. The van der Waals surface area contributed by atoms with Gasteiger partial charge in [0.2, 0.25) is 0 Å². The SMILES string of the molecule is COCCOCc1nnc(S(N)(=O)=O)n1C(C)C. The molecule has 0 amide bonds. The first-order valence-electron chi connectivity index (χ1n) is 5.41. The van der Waals surface area contributed by atoms with Gasteiger partial charge >= 0.3 is 0 Å². The molecule has 9 heteroatoms. The normalized spacial score (nSPS) is 12.3. The minimum atomic E-state index is -3.88. The topological polar surface area (TPSA) is 109 Å². The summed E-state index contributed by atoms with van der Waals surface area (Å²) >= 11 is 0. The van der Waals surface area contributed by atoms with Crippen molar-refractivity contribution >= 4 is 10.0 Å². The summed E-state index contributed by atoms with van der Waals surface area (Å²) in [4.78, 5) is 0. The monoisotopic (exact) mass is 278 g/mol. The van der Waals surface area contributed by atoms with E-state index in [0.29, 0.717) is 19.0 Å². The fourth-order valence-electron chi connectivity index (χ4n) is 1.42. The molecule has 0 aliphatic heterocycles. The van der Waals surface area contributed by atoms with Crippen molar-refractivity contribution in [3.8, 4) is 0 Å². The predicted octanol–water partition coefficient (Wildman–Crippen LogP) is -0.331. The average molecular weight is 278 g/mol. The van der Waals surface area contributed by atoms with Gasteiger partial charge in [0.25, 0.3) is 15.2 Å². The predicted molar refractivity (Wildman–Crippen MR) is 63.3 cm³/mol. The summed E-state index contributed by atoms with van der Waals surface area (Å²) in [6.07, 6.45) is 0. The van der Waals surface area contributed by atoms with Gasteiger partial charge < -0.3 is 9.47 Å². The van der Waals surface area contributed by atoms with Crippen molar-refractivity contribution in [2.45, 2.75) is 31.7 Å². The highest BCUT2D eigenvalue weighted by atomic mass is 32.2. The van der Waals surface area contributed by atoms with E-state index in [-0.39, 0.29) is 17.8 Å². The summed E-state index contributed by atoms with van der Waals surface area (Å²) in [5.41, 5.74) is 0. The Morgan fingerprint density at radius 1 is 1.33 bits per heavy atom. The lowest BCUT2D eigenvalue weighted by atomic mass is 10.4. The molecule has 104 valence electrons. The summed E-state index contributed by atoms with van der Waals surface area (Å²) in [5.74, 6) is 0.421. The van der Waals surface area contributed by atoms with Gasteiger partial charge in [0.15, 0.2) is 5.82 Å². The Balaban J connectivity index is 2.89. The highest BCUT2D eigenvalue weighted by molar-refractivity contribution is 7.89. The van der Waals surface area contributed by atoms with Gasteiger partial charge in [-0.3, -0.25) is 4.57 Å². The fraction of sp³-hybridized carbons (Fsp3) is 0.778. The number of primary sulfonamides is 1. The van der Waals surface area contributed by atoms with Crippen molar-refractivity contribution < 1.29 is 17.9 Å². The van der Waals surface area contributed by atoms with E-state index in [4.69, 9.17) is 14.6 Å². The van der Waals surface area contributed by atoms with Gasteiger partial charge in [-0.15, -0.1) is 10.2 Å². The van der Waals surface area contributed by atoms with Gasteiger partial charge in [-0.1, -0.05) is 0 Å². The van der Waals surface area contributed by atoms with E-state index in [0.717, 1.165) is 0 Å². The first-order valence-corrected chi connectivity index (χ1v) is 6.95. The molecule has 0 saturated heterocycles. The highest BCUT2D eigenvalue weighted by Gasteiger charge is 2.22. The highest BCUT2D eigenvalue weighted by Crippen LogP contribution is 2.15. The van der Waals surface area contributed by atoms with Crippen LogP contribution in [0.4, 0.5) is 0 Å². The van der Waals surface area contributed by atoms with E-state index >= 15 is 0 Å². The molecule has 0 aliphatic rings. The molecule has 18 heavy (non-hydrogen) atoms. The van der Waals surface area contributed by atoms with Crippen LogP contribution in [0.15, 0.2) is 5.16 Å². The largest absolute Gasteiger partial charge is 0.382 e. The molecular formula is C9H18N4O4S. The molecule has 1 rings (SSSR count). The van der Waals surface area contributed by atoms with Crippen LogP contribution < -0.4 is 5.14 Å². The van der Waals surface area contributed by atoms with Gasteiger partial charge in [0, 0.05) is 13.2 Å². The quantitative estimate of drug-likeness (QED) is 0.684. The number of hydrogen-bond acceptors (Lipinski definition) is 6. The average Bonchev–Trinajstić information content (AvgIpc) is 2.67. The number of aromatic nitrogens is 3. The van der Waals surface area contributed by atoms with E-state index in [1.54, 1.807) is 7.11 Å². The summed E-state index contributed by atoms with van der Waals surface area (Å²) < 4.78 is 34.3. The second-order valence-electron chi connectivity index (χ2n) is 3.95. The number of sulfonamides is 1. The van der Waals surface area contributed by atoms with Crippen LogP contribution in [0.5, 0.6) is 0 Å². The molecule has 0 saturated carbocycles. The van der Waals surface area contributed by atoms with E-state index in [1.165, 1.54) is 4.57 Å². The molecule has 0 aliphatic carbocycles. The molecule has 1 aromatic heterocycles. The van der Waals surface area contributed by atoms with Gasteiger partial charge in [-0.2, -0.15) is 0 Å². The second-order valence-corrected chi connectivity index (χ2v) is 5.41. The minimum absolute atomic E-state index is 0.130. The molecule has 0 bridgehead atoms. The summed E-state index contributed by atoms with van der Waals surface area (Å²) in [6.45, 7) is 4.64. The van der Waals surface area contributed by atoms with Gasteiger partial charge in [0.05, 0.1) is 13.2 Å². The molecule has 0 aromatic carbocycles. The third kappa shape index (κ3) is 3.73. The lowest BCUT2D eigenvalue weighted by molar-refractivity contribution is 0.0566. The van der Waals surface area contributed by atoms with Crippen molar-refractivity contribution in [1.82, 2.24) is 14.8 Å². The minimum Gasteiger partial charge on any atom is -0.382 e. The summed E-state index contributed by atoms with van der Waals surface area (Å²) in [7, 11) is -2.32. The molecule has 0 unspecified atom stereocenters. The second kappa shape index (κ2) is 6.23. The lowest BCUT2D eigenvalue weighted by Gasteiger charge is -2.12. The maximum Gasteiger partial charge on any atom is 0.273 e. The van der Waals surface area contributed by atoms with Gasteiger partial charge in [-0.05, 0) is 13.8 Å². The molecule has 0 spiro atoms. The number of methoxy groups -OCH3 is 1. The molecule has 2 N–H and O–H groups in total. The lowest BCUT2D eigenvalue weighted by Crippen LogP contribution is -2.21. The Morgan fingerprint density at radius 2 is 2.00 bits per heavy atom. The van der Waals surface area contributed by atoms with E-state index < -0.39 is 10.0 Å². The zero-order valence-corrected chi connectivity index (χ0v) is 11.5. The van der Waals surface area contributed by atoms with E-state index in [2.05, 4.69) is 10.2 Å². The van der Waals surface area contributed by atoms with Crippen molar-refractivity contribution in [2.75, 3.05) is 20.3 Å². The van der Waals surface area contributed by atoms with E-state index in [1.807, 2.05) is 13.8 Å². The zero-order valence-electron chi connectivity index (χ0n) is 10.7. The van der Waals surface area contributed by atoms with Crippen LogP contribution >= 0.6 is 0 Å². The molecule has 8 nitrogen and oxygen atoms in total. The Kier molecular flexibility index (Phi) is 5.20. The number of nitrogens with zero attached hydrogens (tertiary/aromatic N) is 3. The van der Waals surface area contributed by atoms with Crippen LogP contribution in [0, 0.1) is 0 Å². The van der Waals surface area contributed by atoms with Crippen LogP contribution in [-0.4, -0.2) is 43.5 Å². The maximum atomic E-state index is 11.3. The Hall–Kier alpha value is -1.03. The molecule has 0 atom stereocenters. The van der Waals surface area contributed by atoms with Crippen LogP contribution in [0.2, 0.25) is 0 Å².